The van der Waals surface area contributed by atoms with Crippen LogP contribution in [0.15, 0.2) is 91.3 Å². The molecular weight excluding hydrogens is 432 g/mol. The number of para-hydroxylation sites is 3. The van der Waals surface area contributed by atoms with Crippen molar-refractivity contribution in [3.05, 3.63) is 97.3 Å². The van der Waals surface area contributed by atoms with E-state index in [0.29, 0.717) is 16.3 Å². The van der Waals surface area contributed by atoms with Crippen LogP contribution in [-0.4, -0.2) is 15.8 Å². The molecule has 2 aromatic carbocycles. The van der Waals surface area contributed by atoms with Gasteiger partial charge in [0.1, 0.15) is 17.0 Å². The lowest BCUT2D eigenvalue weighted by Crippen LogP contribution is -2.11. The maximum Gasteiger partial charge on any atom is 0.294 e. The van der Waals surface area contributed by atoms with E-state index in [0.717, 1.165) is 16.5 Å². The van der Waals surface area contributed by atoms with Crippen LogP contribution in [0, 0.1) is 10.1 Å². The highest BCUT2D eigenvalue weighted by molar-refractivity contribution is 7.08. The molecule has 3 heterocycles. The lowest BCUT2D eigenvalue weighted by Gasteiger charge is -2.00. The van der Waals surface area contributed by atoms with E-state index in [9.17, 15) is 10.1 Å². The van der Waals surface area contributed by atoms with Gasteiger partial charge in [-0.05, 0) is 35.0 Å². The third-order valence-electron chi connectivity index (χ3n) is 4.52. The number of furan rings is 1. The second-order valence-corrected chi connectivity index (χ2v) is 8.14. The normalized spacial score (nSPS) is 12.2. The average Bonchev–Trinajstić information content (AvgIpc) is 3.52. The van der Waals surface area contributed by atoms with E-state index < -0.39 is 4.92 Å². The van der Waals surface area contributed by atoms with Gasteiger partial charge in [-0.15, -0.1) is 11.3 Å². The van der Waals surface area contributed by atoms with Crippen LogP contribution in [-0.2, 0) is 0 Å². The summed E-state index contributed by atoms with van der Waals surface area (Å²) < 4.78 is 7.67. The topological polar surface area (TPSA) is 85.9 Å². The first kappa shape index (κ1) is 19.2. The van der Waals surface area contributed by atoms with Gasteiger partial charge in [0.15, 0.2) is 5.76 Å². The smallest absolute Gasteiger partial charge is 0.294 e. The van der Waals surface area contributed by atoms with Gasteiger partial charge in [0.2, 0.25) is 4.80 Å². The Bertz CT molecular complexity index is 1440. The van der Waals surface area contributed by atoms with Gasteiger partial charge in [0.05, 0.1) is 11.1 Å². The molecule has 5 rings (SSSR count). The maximum atomic E-state index is 11.4. The van der Waals surface area contributed by atoms with Gasteiger partial charge in [-0.1, -0.05) is 30.3 Å². The number of nitrogens with zero attached hydrogens (tertiary/aromatic N) is 4. The van der Waals surface area contributed by atoms with Gasteiger partial charge in [0.25, 0.3) is 5.69 Å². The predicted molar refractivity (Wildman–Crippen MR) is 123 cm³/mol. The lowest BCUT2D eigenvalue weighted by molar-refractivity contribution is -0.384. The van der Waals surface area contributed by atoms with Crippen molar-refractivity contribution in [2.45, 2.75) is 0 Å². The number of nitro groups is 1. The Morgan fingerprint density at radius 2 is 1.90 bits per heavy atom. The van der Waals surface area contributed by atoms with Crippen LogP contribution >= 0.6 is 22.7 Å². The van der Waals surface area contributed by atoms with Gasteiger partial charge in [0, 0.05) is 22.4 Å². The summed E-state index contributed by atoms with van der Waals surface area (Å²) >= 11 is 2.91. The third-order valence-corrected chi connectivity index (χ3v) is 6.04. The lowest BCUT2D eigenvalue weighted by atomic mass is 10.2. The van der Waals surface area contributed by atoms with E-state index in [1.807, 2.05) is 52.5 Å². The fourth-order valence-corrected chi connectivity index (χ4v) is 4.50. The molecule has 0 saturated carbocycles. The van der Waals surface area contributed by atoms with E-state index in [-0.39, 0.29) is 11.4 Å². The molecule has 0 N–H and O–H groups in total. The molecule has 0 aliphatic carbocycles. The number of fused-ring (bicyclic) bond motifs is 1. The van der Waals surface area contributed by atoms with Gasteiger partial charge in [-0.3, -0.25) is 10.1 Å². The fraction of sp³-hybridized carbons (Fsp3) is 0. The van der Waals surface area contributed by atoms with Crippen molar-refractivity contribution < 1.29 is 9.34 Å². The summed E-state index contributed by atoms with van der Waals surface area (Å²) in [7, 11) is 0. The first-order chi connectivity index (χ1) is 15.2. The monoisotopic (exact) mass is 446 g/mol. The minimum Gasteiger partial charge on any atom is -0.454 e. The number of benzene rings is 2. The summed E-state index contributed by atoms with van der Waals surface area (Å²) in [5.74, 6) is 0.643. The molecule has 0 aliphatic rings. The molecule has 0 fully saturated rings. The van der Waals surface area contributed by atoms with E-state index in [2.05, 4.69) is 10.1 Å². The summed E-state index contributed by atoms with van der Waals surface area (Å²) in [6, 6.07) is 18.1. The third kappa shape index (κ3) is 3.83. The molecule has 0 spiro atoms. The zero-order valence-corrected chi connectivity index (χ0v) is 17.5. The number of aromatic nitrogens is 1. The summed E-state index contributed by atoms with van der Waals surface area (Å²) in [6.07, 6.45) is 1.73. The van der Waals surface area contributed by atoms with Crippen molar-refractivity contribution in [3.8, 4) is 11.5 Å². The van der Waals surface area contributed by atoms with Crippen molar-refractivity contribution in [2.75, 3.05) is 0 Å². The average molecular weight is 447 g/mol. The Labute approximate surface area is 184 Å². The Morgan fingerprint density at radius 3 is 2.71 bits per heavy atom. The van der Waals surface area contributed by atoms with E-state index in [1.54, 1.807) is 40.4 Å². The molecular formula is C22H14N4O3S2. The van der Waals surface area contributed by atoms with Crippen LogP contribution in [0.3, 0.4) is 0 Å². The zero-order chi connectivity index (χ0) is 21.2. The Morgan fingerprint density at radius 1 is 1.06 bits per heavy atom. The van der Waals surface area contributed by atoms with Crippen molar-refractivity contribution in [3.63, 3.8) is 0 Å². The number of hydrogen-bond donors (Lipinski definition) is 0. The van der Waals surface area contributed by atoms with Crippen LogP contribution in [0.5, 0.6) is 0 Å². The highest BCUT2D eigenvalue weighted by atomic mass is 32.1. The molecule has 0 amide bonds. The van der Waals surface area contributed by atoms with Crippen LogP contribution in [0.1, 0.15) is 5.56 Å². The van der Waals surface area contributed by atoms with Gasteiger partial charge < -0.3 is 4.42 Å². The standard InChI is InChI=1S/C22H14N4O3S2/c27-26(28)18-7-3-2-6-17(18)24-22-25(23-12-15-9-10-30-13-15)19(14-31-22)21-11-16-5-1-4-8-20(16)29-21/h1-14H. The van der Waals surface area contributed by atoms with Crippen molar-refractivity contribution >= 4 is 51.2 Å². The van der Waals surface area contributed by atoms with E-state index in [1.165, 1.54) is 17.4 Å². The molecule has 0 radical (unpaired) electrons. The van der Waals surface area contributed by atoms with Gasteiger partial charge >= 0.3 is 0 Å². The van der Waals surface area contributed by atoms with Gasteiger partial charge in [-0.25, -0.2) is 9.67 Å². The molecule has 31 heavy (non-hydrogen) atoms. The maximum absolute atomic E-state index is 11.4. The first-order valence-electron chi connectivity index (χ1n) is 9.23. The minimum atomic E-state index is -0.439. The fourth-order valence-electron chi connectivity index (χ4n) is 3.06. The highest BCUT2D eigenvalue weighted by Gasteiger charge is 2.15. The quantitative estimate of drug-likeness (QED) is 0.187. The van der Waals surface area contributed by atoms with E-state index in [4.69, 9.17) is 4.42 Å². The van der Waals surface area contributed by atoms with Crippen LogP contribution in [0.25, 0.3) is 22.4 Å². The summed E-state index contributed by atoms with van der Waals surface area (Å²) in [5.41, 5.74) is 2.65. The predicted octanol–water partition coefficient (Wildman–Crippen LogP) is 6.05. The second kappa shape index (κ2) is 8.13. The molecule has 0 atom stereocenters. The molecule has 0 aliphatic heterocycles. The number of thiazole rings is 1. The van der Waals surface area contributed by atoms with Crippen LogP contribution in [0.4, 0.5) is 11.4 Å². The summed E-state index contributed by atoms with van der Waals surface area (Å²) in [5, 5.41) is 22.8. The number of thiophene rings is 1. The van der Waals surface area contributed by atoms with E-state index >= 15 is 0 Å². The minimum absolute atomic E-state index is 0.0606. The SMILES string of the molecule is O=[N+]([O-])c1ccccc1N=c1scc(-c2cc3ccccc3o2)n1N=Cc1ccsc1. The first-order valence-corrected chi connectivity index (χ1v) is 11.1. The van der Waals surface area contributed by atoms with Crippen LogP contribution in [0.2, 0.25) is 0 Å². The molecule has 152 valence electrons. The molecule has 7 nitrogen and oxygen atoms in total. The molecule has 0 unspecified atom stereocenters. The molecule has 3 aromatic heterocycles. The van der Waals surface area contributed by atoms with Crippen molar-refractivity contribution in [2.24, 2.45) is 10.1 Å². The van der Waals surface area contributed by atoms with Crippen molar-refractivity contribution in [1.82, 2.24) is 4.68 Å². The number of nitro benzene ring substituents is 1. The Balaban J connectivity index is 1.69. The second-order valence-electron chi connectivity index (χ2n) is 6.52. The number of hydrogen-bond acceptors (Lipinski definition) is 7. The van der Waals surface area contributed by atoms with Crippen LogP contribution < -0.4 is 4.80 Å². The largest absolute Gasteiger partial charge is 0.454 e. The molecule has 5 aromatic rings. The number of rotatable bonds is 5. The Kier molecular flexibility index (Phi) is 5.03. The molecule has 0 bridgehead atoms. The highest BCUT2D eigenvalue weighted by Crippen LogP contribution is 2.29. The zero-order valence-electron chi connectivity index (χ0n) is 15.9. The Hall–Kier alpha value is -3.82. The molecule has 0 saturated heterocycles. The van der Waals surface area contributed by atoms with Crippen molar-refractivity contribution in [1.29, 1.82) is 0 Å². The summed E-state index contributed by atoms with van der Waals surface area (Å²) in [6.45, 7) is 0. The van der Waals surface area contributed by atoms with Gasteiger partial charge in [-0.2, -0.15) is 16.4 Å². The molecule has 9 heteroatoms. The summed E-state index contributed by atoms with van der Waals surface area (Å²) in [4.78, 5) is 16.0.